The van der Waals surface area contributed by atoms with E-state index in [2.05, 4.69) is 13.0 Å². The number of fused-ring (bicyclic) bond motifs is 1. The van der Waals surface area contributed by atoms with Crippen LogP contribution >= 0.6 is 0 Å². The Bertz CT molecular complexity index is 322. The standard InChI is InChI=1S/C13H20O2/c1-9-3-4-10-7-11(14)13(15-2)6-5-12(9,10)8-13/h7,9,11,14H,3-6,8H2,1-2H3/t9?,11-,12-,13-/m1/s1. The predicted octanol–water partition coefficient (Wildman–Crippen LogP) is 2.27. The summed E-state index contributed by atoms with van der Waals surface area (Å²) in [5, 5.41) is 10.2. The third-order valence-electron chi connectivity index (χ3n) is 5.34. The molecule has 15 heavy (non-hydrogen) atoms. The highest BCUT2D eigenvalue weighted by Crippen LogP contribution is 2.64. The van der Waals surface area contributed by atoms with Crippen molar-refractivity contribution in [2.24, 2.45) is 11.3 Å². The van der Waals surface area contributed by atoms with E-state index < -0.39 is 0 Å². The highest BCUT2D eigenvalue weighted by Gasteiger charge is 2.60. The second-order valence-electron chi connectivity index (χ2n) is 5.68. The molecule has 0 aliphatic heterocycles. The van der Waals surface area contributed by atoms with Gasteiger partial charge < -0.3 is 9.84 Å². The van der Waals surface area contributed by atoms with Crippen LogP contribution in [0.4, 0.5) is 0 Å². The molecule has 3 rings (SSSR count). The number of hydrogen-bond donors (Lipinski definition) is 1. The van der Waals surface area contributed by atoms with Crippen LogP contribution < -0.4 is 0 Å². The Kier molecular flexibility index (Phi) is 1.88. The van der Waals surface area contributed by atoms with Crippen LogP contribution in [0.15, 0.2) is 11.6 Å². The van der Waals surface area contributed by atoms with Crippen LogP contribution in [-0.4, -0.2) is 23.9 Å². The Morgan fingerprint density at radius 2 is 2.27 bits per heavy atom. The molecule has 0 saturated heterocycles. The summed E-state index contributed by atoms with van der Waals surface area (Å²) in [6, 6.07) is 0. The van der Waals surface area contributed by atoms with Crippen LogP contribution in [-0.2, 0) is 4.74 Å². The van der Waals surface area contributed by atoms with Crippen LogP contribution in [0, 0.1) is 11.3 Å². The fraction of sp³-hybridized carbons (Fsp3) is 0.846. The first-order valence-electron chi connectivity index (χ1n) is 6.07. The summed E-state index contributed by atoms with van der Waals surface area (Å²) in [6.07, 6.45) is 7.49. The topological polar surface area (TPSA) is 29.5 Å². The van der Waals surface area contributed by atoms with Gasteiger partial charge in [-0.05, 0) is 43.4 Å². The smallest absolute Gasteiger partial charge is 0.101 e. The van der Waals surface area contributed by atoms with Gasteiger partial charge in [-0.15, -0.1) is 0 Å². The summed E-state index contributed by atoms with van der Waals surface area (Å²) in [4.78, 5) is 0. The van der Waals surface area contributed by atoms with Crippen LogP contribution in [0.3, 0.4) is 0 Å². The van der Waals surface area contributed by atoms with Crippen molar-refractivity contribution in [3.8, 4) is 0 Å². The zero-order chi connectivity index (χ0) is 10.7. The average molecular weight is 208 g/mol. The average Bonchev–Trinajstić information content (AvgIpc) is 2.74. The van der Waals surface area contributed by atoms with Gasteiger partial charge in [0.2, 0.25) is 0 Å². The van der Waals surface area contributed by atoms with Crippen LogP contribution in [0.2, 0.25) is 0 Å². The van der Waals surface area contributed by atoms with E-state index in [1.54, 1.807) is 7.11 Å². The molecule has 4 atom stereocenters. The van der Waals surface area contributed by atoms with Crippen molar-refractivity contribution in [1.29, 1.82) is 0 Å². The molecule has 84 valence electrons. The van der Waals surface area contributed by atoms with Crippen molar-refractivity contribution in [2.45, 2.75) is 50.7 Å². The number of methoxy groups -OCH3 is 1. The Morgan fingerprint density at radius 1 is 1.47 bits per heavy atom. The molecule has 2 heteroatoms. The quantitative estimate of drug-likeness (QED) is 0.670. The summed E-state index contributed by atoms with van der Waals surface area (Å²) in [5.41, 5.74) is 1.64. The first-order valence-corrected chi connectivity index (χ1v) is 6.07. The van der Waals surface area contributed by atoms with Gasteiger partial charge in [0.15, 0.2) is 0 Å². The lowest BCUT2D eigenvalue weighted by molar-refractivity contribution is -0.0904. The predicted molar refractivity (Wildman–Crippen MR) is 58.5 cm³/mol. The summed E-state index contributed by atoms with van der Waals surface area (Å²) in [6.45, 7) is 2.37. The number of aliphatic hydroxyl groups excluding tert-OH is 1. The van der Waals surface area contributed by atoms with Crippen molar-refractivity contribution in [2.75, 3.05) is 7.11 Å². The minimum atomic E-state index is -0.376. The first kappa shape index (κ1) is 9.86. The molecule has 0 heterocycles. The van der Waals surface area contributed by atoms with E-state index in [1.165, 1.54) is 24.8 Å². The molecule has 2 bridgehead atoms. The molecular weight excluding hydrogens is 188 g/mol. The van der Waals surface area contributed by atoms with Crippen LogP contribution in [0.1, 0.15) is 39.0 Å². The van der Waals surface area contributed by atoms with Gasteiger partial charge in [-0.25, -0.2) is 0 Å². The second-order valence-corrected chi connectivity index (χ2v) is 5.68. The molecule has 3 aliphatic carbocycles. The fourth-order valence-electron chi connectivity index (χ4n) is 4.19. The van der Waals surface area contributed by atoms with Gasteiger partial charge in [-0.2, -0.15) is 0 Å². The summed E-state index contributed by atoms with van der Waals surface area (Å²) >= 11 is 0. The van der Waals surface area contributed by atoms with Crippen LogP contribution in [0.25, 0.3) is 0 Å². The Hall–Kier alpha value is -0.340. The summed E-state index contributed by atoms with van der Waals surface area (Å²) < 4.78 is 5.64. The third kappa shape index (κ3) is 1.02. The largest absolute Gasteiger partial charge is 0.386 e. The van der Waals surface area contributed by atoms with Gasteiger partial charge in [0, 0.05) is 7.11 Å². The lowest BCUT2D eigenvalue weighted by Gasteiger charge is -2.41. The Balaban J connectivity index is 2.07. The lowest BCUT2D eigenvalue weighted by atomic mass is 9.69. The van der Waals surface area contributed by atoms with E-state index in [0.29, 0.717) is 5.41 Å². The highest BCUT2D eigenvalue weighted by molar-refractivity contribution is 5.33. The SMILES string of the molecule is CO[C@]12CC[C@]3(C1)C(=C[C@H]2O)CCC3C. The molecule has 0 amide bonds. The van der Waals surface area contributed by atoms with E-state index in [4.69, 9.17) is 4.74 Å². The van der Waals surface area contributed by atoms with Crippen molar-refractivity contribution in [3.63, 3.8) is 0 Å². The Morgan fingerprint density at radius 3 is 3.00 bits per heavy atom. The zero-order valence-corrected chi connectivity index (χ0v) is 9.62. The number of rotatable bonds is 1. The van der Waals surface area contributed by atoms with Crippen molar-refractivity contribution < 1.29 is 9.84 Å². The molecule has 3 aliphatic rings. The second kappa shape index (κ2) is 2.86. The van der Waals surface area contributed by atoms with Gasteiger partial charge >= 0.3 is 0 Å². The zero-order valence-electron chi connectivity index (χ0n) is 9.62. The molecule has 2 fully saturated rings. The Labute approximate surface area is 91.3 Å². The molecule has 2 nitrogen and oxygen atoms in total. The fourth-order valence-corrected chi connectivity index (χ4v) is 4.19. The number of ether oxygens (including phenoxy) is 1. The van der Waals surface area contributed by atoms with Gasteiger partial charge in [0.1, 0.15) is 6.10 Å². The molecular formula is C13H20O2. The number of hydrogen-bond acceptors (Lipinski definition) is 2. The van der Waals surface area contributed by atoms with E-state index in [-0.39, 0.29) is 11.7 Å². The summed E-state index contributed by atoms with van der Waals surface area (Å²) in [7, 11) is 1.75. The number of allylic oxidation sites excluding steroid dienone is 1. The molecule has 1 N–H and O–H groups in total. The molecule has 0 aromatic heterocycles. The van der Waals surface area contributed by atoms with Crippen LogP contribution in [0.5, 0.6) is 0 Å². The molecule has 2 saturated carbocycles. The van der Waals surface area contributed by atoms with E-state index in [9.17, 15) is 5.11 Å². The summed E-state index contributed by atoms with van der Waals surface area (Å²) in [5.74, 6) is 0.772. The third-order valence-corrected chi connectivity index (χ3v) is 5.34. The number of aliphatic hydroxyl groups is 1. The minimum absolute atomic E-state index is 0.262. The maximum Gasteiger partial charge on any atom is 0.101 e. The maximum absolute atomic E-state index is 10.2. The maximum atomic E-state index is 10.2. The van der Waals surface area contributed by atoms with Gasteiger partial charge in [0.05, 0.1) is 5.60 Å². The van der Waals surface area contributed by atoms with Gasteiger partial charge in [0.25, 0.3) is 0 Å². The van der Waals surface area contributed by atoms with E-state index in [1.807, 2.05) is 0 Å². The normalized spacial score (nSPS) is 52.9. The van der Waals surface area contributed by atoms with Gasteiger partial charge in [-0.3, -0.25) is 0 Å². The van der Waals surface area contributed by atoms with E-state index >= 15 is 0 Å². The van der Waals surface area contributed by atoms with Crippen molar-refractivity contribution in [1.82, 2.24) is 0 Å². The highest BCUT2D eigenvalue weighted by atomic mass is 16.5. The molecule has 0 aromatic carbocycles. The molecule has 1 spiro atoms. The molecule has 1 unspecified atom stereocenters. The molecule has 0 aromatic rings. The lowest BCUT2D eigenvalue weighted by Crippen LogP contribution is -2.45. The van der Waals surface area contributed by atoms with E-state index in [0.717, 1.165) is 18.8 Å². The monoisotopic (exact) mass is 208 g/mol. The minimum Gasteiger partial charge on any atom is -0.386 e. The van der Waals surface area contributed by atoms with Crippen molar-refractivity contribution >= 4 is 0 Å². The van der Waals surface area contributed by atoms with Crippen molar-refractivity contribution in [3.05, 3.63) is 11.6 Å². The molecule has 0 radical (unpaired) electrons. The van der Waals surface area contributed by atoms with Gasteiger partial charge in [-0.1, -0.05) is 18.6 Å². The first-order chi connectivity index (χ1) is 7.13.